The van der Waals surface area contributed by atoms with Crippen molar-refractivity contribution in [1.29, 1.82) is 0 Å². The Morgan fingerprint density at radius 3 is 2.65 bits per heavy atom. The van der Waals surface area contributed by atoms with Crippen molar-refractivity contribution < 1.29 is 0 Å². The van der Waals surface area contributed by atoms with Crippen LogP contribution >= 0.6 is 0 Å². The average molecular weight is 281 g/mol. The van der Waals surface area contributed by atoms with E-state index in [0.29, 0.717) is 5.54 Å². The number of piperidine rings is 1. The van der Waals surface area contributed by atoms with Crippen LogP contribution in [0.1, 0.15) is 51.9 Å². The number of likely N-dealkylation sites (tertiary alicyclic amines) is 1. The summed E-state index contributed by atoms with van der Waals surface area (Å²) in [6.45, 7) is 6.03. The molecule has 0 spiro atoms. The number of hydrogen-bond acceptors (Lipinski definition) is 3. The zero-order valence-electron chi connectivity index (χ0n) is 14.1. The first-order valence-corrected chi connectivity index (χ1v) is 8.62. The molecule has 2 aliphatic rings. The number of hydrogen-bond donors (Lipinski definition) is 1. The maximum atomic E-state index is 3.81. The highest BCUT2D eigenvalue weighted by Crippen LogP contribution is 2.35. The highest BCUT2D eigenvalue weighted by atomic mass is 15.2. The SMILES string of the molecule is CC1CCCC(CNCC2CCCCN2C)(N(C)C)C1. The molecule has 1 saturated heterocycles. The predicted molar refractivity (Wildman–Crippen MR) is 87.2 cm³/mol. The average Bonchev–Trinajstić information content (AvgIpc) is 2.41. The van der Waals surface area contributed by atoms with Crippen molar-refractivity contribution in [1.82, 2.24) is 15.1 Å². The highest BCUT2D eigenvalue weighted by molar-refractivity contribution is 4.95. The fraction of sp³-hybridized carbons (Fsp3) is 1.00. The molecule has 1 heterocycles. The second kappa shape index (κ2) is 7.24. The largest absolute Gasteiger partial charge is 0.313 e. The summed E-state index contributed by atoms with van der Waals surface area (Å²) in [7, 11) is 6.83. The van der Waals surface area contributed by atoms with E-state index < -0.39 is 0 Å². The van der Waals surface area contributed by atoms with Gasteiger partial charge in [-0.1, -0.05) is 26.2 Å². The zero-order chi connectivity index (χ0) is 14.6. The van der Waals surface area contributed by atoms with Crippen LogP contribution in [-0.2, 0) is 0 Å². The van der Waals surface area contributed by atoms with Crippen molar-refractivity contribution in [2.45, 2.75) is 63.5 Å². The molecule has 0 bridgehead atoms. The van der Waals surface area contributed by atoms with Crippen LogP contribution in [0.3, 0.4) is 0 Å². The summed E-state index contributed by atoms with van der Waals surface area (Å²) in [5.74, 6) is 0.880. The molecule has 0 aromatic carbocycles. The molecule has 2 fully saturated rings. The van der Waals surface area contributed by atoms with Crippen LogP contribution in [0.5, 0.6) is 0 Å². The zero-order valence-corrected chi connectivity index (χ0v) is 14.1. The summed E-state index contributed by atoms with van der Waals surface area (Å²) in [6.07, 6.45) is 9.68. The lowest BCUT2D eigenvalue weighted by Gasteiger charge is -2.46. The standard InChI is InChI=1S/C17H35N3/c1-15-8-7-10-17(12-15,19(2)3)14-18-13-16-9-5-6-11-20(16)4/h15-16,18H,5-14H2,1-4H3. The quantitative estimate of drug-likeness (QED) is 0.835. The molecule has 0 aromatic rings. The summed E-state index contributed by atoms with van der Waals surface area (Å²) in [6, 6.07) is 0.754. The molecule has 3 heteroatoms. The van der Waals surface area contributed by atoms with E-state index in [4.69, 9.17) is 0 Å². The van der Waals surface area contributed by atoms with Gasteiger partial charge in [0.15, 0.2) is 0 Å². The van der Waals surface area contributed by atoms with Gasteiger partial charge in [-0.05, 0) is 59.3 Å². The smallest absolute Gasteiger partial charge is 0.0330 e. The summed E-state index contributed by atoms with van der Waals surface area (Å²) in [5, 5.41) is 3.81. The molecule has 3 atom stereocenters. The maximum Gasteiger partial charge on any atom is 0.0330 e. The fourth-order valence-corrected chi connectivity index (χ4v) is 4.23. The van der Waals surface area contributed by atoms with Gasteiger partial charge < -0.3 is 15.1 Å². The van der Waals surface area contributed by atoms with Crippen molar-refractivity contribution >= 4 is 0 Å². The number of likely N-dealkylation sites (N-methyl/N-ethyl adjacent to an activating group) is 2. The van der Waals surface area contributed by atoms with Crippen LogP contribution in [0, 0.1) is 5.92 Å². The molecule has 1 aliphatic heterocycles. The molecule has 1 saturated carbocycles. The van der Waals surface area contributed by atoms with Crippen molar-refractivity contribution in [3.05, 3.63) is 0 Å². The van der Waals surface area contributed by atoms with E-state index in [9.17, 15) is 0 Å². The van der Waals surface area contributed by atoms with Crippen molar-refractivity contribution in [2.24, 2.45) is 5.92 Å². The molecule has 118 valence electrons. The monoisotopic (exact) mass is 281 g/mol. The van der Waals surface area contributed by atoms with Crippen LogP contribution in [-0.4, -0.2) is 62.2 Å². The Bertz CT molecular complexity index is 292. The van der Waals surface area contributed by atoms with E-state index in [2.05, 4.69) is 43.2 Å². The molecule has 3 nitrogen and oxygen atoms in total. The first-order chi connectivity index (χ1) is 9.53. The van der Waals surface area contributed by atoms with Crippen LogP contribution in [0.25, 0.3) is 0 Å². The first kappa shape index (κ1) is 16.3. The Morgan fingerprint density at radius 1 is 1.20 bits per heavy atom. The molecule has 0 aromatic heterocycles. The Balaban J connectivity index is 1.83. The molecule has 0 amide bonds. The second-order valence-corrected chi connectivity index (χ2v) is 7.58. The third-order valence-electron chi connectivity index (χ3n) is 5.77. The van der Waals surface area contributed by atoms with Crippen molar-refractivity contribution in [3.8, 4) is 0 Å². The van der Waals surface area contributed by atoms with Gasteiger partial charge in [0.2, 0.25) is 0 Å². The Kier molecular flexibility index (Phi) is 5.88. The van der Waals surface area contributed by atoms with Gasteiger partial charge in [0, 0.05) is 24.7 Å². The molecule has 0 radical (unpaired) electrons. The Morgan fingerprint density at radius 2 is 2.00 bits per heavy atom. The first-order valence-electron chi connectivity index (χ1n) is 8.62. The maximum absolute atomic E-state index is 3.81. The second-order valence-electron chi connectivity index (χ2n) is 7.58. The van der Waals surface area contributed by atoms with E-state index in [-0.39, 0.29) is 0 Å². The van der Waals surface area contributed by atoms with Gasteiger partial charge in [-0.3, -0.25) is 0 Å². The lowest BCUT2D eigenvalue weighted by Crippen LogP contribution is -2.55. The van der Waals surface area contributed by atoms with Crippen LogP contribution in [0.4, 0.5) is 0 Å². The minimum Gasteiger partial charge on any atom is -0.313 e. The van der Waals surface area contributed by atoms with Gasteiger partial charge >= 0.3 is 0 Å². The predicted octanol–water partition coefficient (Wildman–Crippen LogP) is 2.57. The van der Waals surface area contributed by atoms with Crippen LogP contribution in [0.2, 0.25) is 0 Å². The van der Waals surface area contributed by atoms with Gasteiger partial charge in [-0.25, -0.2) is 0 Å². The summed E-state index contributed by atoms with van der Waals surface area (Å²) < 4.78 is 0. The van der Waals surface area contributed by atoms with Gasteiger partial charge in [-0.2, -0.15) is 0 Å². The summed E-state index contributed by atoms with van der Waals surface area (Å²) in [4.78, 5) is 5.03. The summed E-state index contributed by atoms with van der Waals surface area (Å²) >= 11 is 0. The topological polar surface area (TPSA) is 18.5 Å². The van der Waals surface area contributed by atoms with Gasteiger partial charge in [0.1, 0.15) is 0 Å². The van der Waals surface area contributed by atoms with Crippen molar-refractivity contribution in [2.75, 3.05) is 40.8 Å². The normalized spacial score (nSPS) is 36.5. The van der Waals surface area contributed by atoms with E-state index >= 15 is 0 Å². The molecular formula is C17H35N3. The van der Waals surface area contributed by atoms with E-state index in [1.165, 1.54) is 58.0 Å². The number of nitrogens with one attached hydrogen (secondary N) is 1. The Hall–Kier alpha value is -0.120. The summed E-state index contributed by atoms with van der Waals surface area (Å²) in [5.41, 5.74) is 0.394. The molecule has 20 heavy (non-hydrogen) atoms. The van der Waals surface area contributed by atoms with E-state index in [1.807, 2.05) is 0 Å². The molecular weight excluding hydrogens is 246 g/mol. The fourth-order valence-electron chi connectivity index (χ4n) is 4.23. The van der Waals surface area contributed by atoms with Crippen molar-refractivity contribution in [3.63, 3.8) is 0 Å². The highest BCUT2D eigenvalue weighted by Gasteiger charge is 2.36. The lowest BCUT2D eigenvalue weighted by atomic mass is 9.75. The minimum absolute atomic E-state index is 0.394. The van der Waals surface area contributed by atoms with E-state index in [0.717, 1.165) is 18.5 Å². The van der Waals surface area contributed by atoms with Crippen LogP contribution in [0.15, 0.2) is 0 Å². The van der Waals surface area contributed by atoms with Gasteiger partial charge in [0.05, 0.1) is 0 Å². The minimum atomic E-state index is 0.394. The molecule has 2 rings (SSSR count). The van der Waals surface area contributed by atoms with Crippen LogP contribution < -0.4 is 5.32 Å². The third-order valence-corrected chi connectivity index (χ3v) is 5.77. The third kappa shape index (κ3) is 3.96. The van der Waals surface area contributed by atoms with Gasteiger partial charge in [0.25, 0.3) is 0 Å². The molecule has 1 N–H and O–H groups in total. The number of rotatable bonds is 5. The van der Waals surface area contributed by atoms with E-state index in [1.54, 1.807) is 0 Å². The number of nitrogens with zero attached hydrogens (tertiary/aromatic N) is 2. The van der Waals surface area contributed by atoms with Gasteiger partial charge in [-0.15, -0.1) is 0 Å². The Labute approximate surface area is 126 Å². The lowest BCUT2D eigenvalue weighted by molar-refractivity contribution is 0.0717. The molecule has 1 aliphatic carbocycles. The molecule has 3 unspecified atom stereocenters.